The predicted octanol–water partition coefficient (Wildman–Crippen LogP) is 17.7. The summed E-state index contributed by atoms with van der Waals surface area (Å²) >= 11 is 0. The normalized spacial score (nSPS) is 13.1. The van der Waals surface area contributed by atoms with E-state index in [-0.39, 0.29) is 155 Å². The summed E-state index contributed by atoms with van der Waals surface area (Å²) in [4.78, 5) is 98.6. The van der Waals surface area contributed by atoms with Gasteiger partial charge in [-0.25, -0.2) is 19.2 Å². The van der Waals surface area contributed by atoms with Gasteiger partial charge in [-0.3, -0.25) is 19.2 Å². The summed E-state index contributed by atoms with van der Waals surface area (Å²) < 4.78 is 134. The zero-order chi connectivity index (χ0) is 97.2. The molecule has 126 heavy (non-hydrogen) atoms. The van der Waals surface area contributed by atoms with Gasteiger partial charge in [-0.1, -0.05) is 26.3 Å². The number of hydrogen-bond acceptors (Lipinski definition) is 30. The lowest BCUT2D eigenvalue weighted by Crippen LogP contribution is -2.52. The van der Waals surface area contributed by atoms with Gasteiger partial charge >= 0.3 is 82.0 Å². The average Bonchev–Trinajstić information content (AvgIpc) is 0.912. The van der Waals surface area contributed by atoms with Crippen LogP contribution in [0.5, 0.6) is 0 Å². The molecular weight excluding hydrogens is 1830 g/mol. The van der Waals surface area contributed by atoms with Gasteiger partial charge < -0.3 is 99.2 Å². The minimum atomic E-state index is -2.52. The first-order valence-corrected chi connectivity index (χ1v) is 81.9. The Kier molecular flexibility index (Phi) is 60.3. The molecule has 0 spiro atoms. The van der Waals surface area contributed by atoms with Crippen molar-refractivity contribution in [3.63, 3.8) is 0 Å². The summed E-state index contributed by atoms with van der Waals surface area (Å²) in [6.45, 7) is 80.0. The summed E-state index contributed by atoms with van der Waals surface area (Å²) in [6, 6.07) is 2.97. The van der Waals surface area contributed by atoms with Gasteiger partial charge in [-0.05, 0) is 273 Å². The highest BCUT2D eigenvalue weighted by Crippen LogP contribution is 2.33. The Morgan fingerprint density at radius 2 is 0.429 bits per heavy atom. The summed E-state index contributed by atoms with van der Waals surface area (Å²) in [6.07, 6.45) is 6.31. The van der Waals surface area contributed by atoms with Crippen LogP contribution in [0.2, 0.25) is 207 Å². The maximum Gasteiger partial charge on any atom is 0.333 e. The summed E-state index contributed by atoms with van der Waals surface area (Å²) in [7, 11) is -25.3. The van der Waals surface area contributed by atoms with E-state index < -0.39 is 159 Å². The van der Waals surface area contributed by atoms with E-state index in [0.717, 1.165) is 36.3 Å². The van der Waals surface area contributed by atoms with Crippen molar-refractivity contribution in [3.8, 4) is 0 Å². The topological polar surface area (TPSA) is 340 Å². The Morgan fingerprint density at radius 3 is 0.611 bits per heavy atom. The minimum absolute atomic E-state index is 0.00125. The first-order valence-electron chi connectivity index (χ1n) is 44.6. The van der Waals surface area contributed by atoms with Crippen molar-refractivity contribution in [2.24, 2.45) is 10.8 Å². The smallest absolute Gasteiger partial charge is 0.333 e. The number of esters is 8. The van der Waals surface area contributed by atoms with E-state index in [1.165, 1.54) is 0 Å². The van der Waals surface area contributed by atoms with Gasteiger partial charge in [0.15, 0.2) is 66.5 Å². The Hall–Kier alpha value is -3.24. The van der Waals surface area contributed by atoms with E-state index in [2.05, 4.69) is 210 Å². The zero-order valence-electron chi connectivity index (χ0n) is 83.7. The largest absolute Gasteiger partial charge is 0.465 e. The van der Waals surface area contributed by atoms with Crippen LogP contribution in [0.15, 0.2) is 49.6 Å². The number of ether oxygens (including phenoxy) is 14. The van der Waals surface area contributed by atoms with Crippen LogP contribution in [0, 0.1) is 10.8 Å². The van der Waals surface area contributed by atoms with Gasteiger partial charge in [0.05, 0.1) is 63.7 Å². The van der Waals surface area contributed by atoms with E-state index >= 15 is 0 Å². The summed E-state index contributed by atoms with van der Waals surface area (Å²) in [5.74, 6) is -4.06. The molecule has 42 heteroatoms. The van der Waals surface area contributed by atoms with Gasteiger partial charge in [0.2, 0.25) is 0 Å². The van der Waals surface area contributed by atoms with Crippen LogP contribution in [0.3, 0.4) is 0 Å². The Morgan fingerprint density at radius 1 is 0.238 bits per heavy atom. The van der Waals surface area contributed by atoms with Gasteiger partial charge in [0.25, 0.3) is 0 Å². The molecule has 0 radical (unpaired) electrons. The second-order valence-corrected chi connectivity index (χ2v) is 92.1. The molecule has 0 unspecified atom stereocenters. The molecule has 0 saturated heterocycles. The lowest BCUT2D eigenvalue weighted by atomic mass is 9.92. The third kappa shape index (κ3) is 72.3. The van der Waals surface area contributed by atoms with Crippen molar-refractivity contribution >= 4 is 149 Å². The molecular formula is C84H172O30Si12. The Labute approximate surface area is 772 Å². The maximum atomic E-state index is 13.2. The summed E-state index contributed by atoms with van der Waals surface area (Å²) in [5.41, 5.74) is -1.57. The number of carbonyl (C=O) groups excluding carboxylic acids is 8. The highest BCUT2D eigenvalue weighted by Gasteiger charge is 2.46. The SMILES string of the molecule is C=C(C)C(=O)OCCCC(=O)OCC(COCCC[Si](C)(O[Si](C)(C)C)O[Si](C)(C)C)(COCCC[Si](C)(O[Si](C)(C)C)O[Si](C)(C)C)COC(=O)CCCOC(=O)C(=C)C.C=CC(=O)OCCOCCCC(=O)OCC(COCCC[Si](C)(O[Si](C)(C)C)O[Si](C)(C)C)(COCCC[Si](C)(O[Si](C)(C)C)O[Si](C)(C)C)COC(=O)CCCOCCOC(=O)C=C. The first-order chi connectivity index (χ1) is 57.6. The molecule has 0 aliphatic rings. The monoisotopic (exact) mass is 2000 g/mol. The van der Waals surface area contributed by atoms with Crippen LogP contribution >= 0.6 is 0 Å². The molecule has 0 aliphatic carbocycles. The molecule has 0 saturated carbocycles. The van der Waals surface area contributed by atoms with E-state index in [1.807, 2.05) is 0 Å². The van der Waals surface area contributed by atoms with Crippen LogP contribution in [-0.2, 0) is 138 Å². The van der Waals surface area contributed by atoms with Gasteiger partial charge in [-0.15, -0.1) is 0 Å². The predicted molar refractivity (Wildman–Crippen MR) is 524 cm³/mol. The lowest BCUT2D eigenvalue weighted by molar-refractivity contribution is -0.165. The maximum absolute atomic E-state index is 13.2. The molecule has 0 heterocycles. The highest BCUT2D eigenvalue weighted by molar-refractivity contribution is 6.90. The van der Waals surface area contributed by atoms with Crippen molar-refractivity contribution in [1.29, 1.82) is 0 Å². The molecule has 30 nitrogen and oxygen atoms in total. The first kappa shape index (κ1) is 125. The molecule has 0 amide bonds. The fourth-order valence-electron chi connectivity index (χ4n) is 12.9. The highest BCUT2D eigenvalue weighted by atomic mass is 28.5. The Balaban J connectivity index is 0. The molecule has 736 valence electrons. The van der Waals surface area contributed by atoms with Crippen LogP contribution in [0.4, 0.5) is 0 Å². The van der Waals surface area contributed by atoms with Crippen molar-refractivity contribution in [1.82, 2.24) is 0 Å². The van der Waals surface area contributed by atoms with Crippen molar-refractivity contribution in [2.75, 3.05) is 132 Å². The van der Waals surface area contributed by atoms with E-state index in [9.17, 15) is 38.4 Å². The standard InChI is InChI=1S/C43H88O16Si6.C41H84O14Si6/c1-17-39(44)52-31-29-48-25-19-23-41(46)54-37-43(38-55-42(47)24-20-26-49-30-32-53-40(45)18-2,35-50-27-21-33-64(15,56-60(3,4)5)57-61(6,7)8)36-51-28-22-34-65(16,58-62(9,10)11)59-63(12,13)14;1-35(2)39(44)48-27-19-23-37(42)50-33-41(34-51-38(43)24-20-28-49-40(45)36(3)4,31-46-25-21-29-60(17,52-56(5,6)7)53-57(8,9)10)32-47-26-22-30-61(18,54-58(11,12)13)55-59(14,15)16/h17-18H,1-2,19-38H2,3-16H3;1,3,19-34H2,2,4-18H3. The van der Waals surface area contributed by atoms with Crippen LogP contribution in [-0.4, -0.2) is 281 Å². The number of rotatable bonds is 74. The fourth-order valence-corrected chi connectivity index (χ4v) is 62.9. The fraction of sp³-hybridized carbons (Fsp3) is 0.810. The summed E-state index contributed by atoms with van der Waals surface area (Å²) in [5, 5.41) is 0. The molecule has 0 bridgehead atoms. The van der Waals surface area contributed by atoms with Crippen LogP contribution in [0.25, 0.3) is 0 Å². The average molecular weight is 2000 g/mol. The third-order valence-electron chi connectivity index (χ3n) is 16.5. The minimum Gasteiger partial charge on any atom is -0.465 e. The molecule has 0 aromatic rings. The van der Waals surface area contributed by atoms with Gasteiger partial charge in [0.1, 0.15) is 39.6 Å². The van der Waals surface area contributed by atoms with E-state index in [0.29, 0.717) is 65.0 Å². The van der Waals surface area contributed by atoms with Crippen molar-refractivity contribution in [2.45, 2.75) is 298 Å². The second kappa shape index (κ2) is 60.9. The lowest BCUT2D eigenvalue weighted by Gasteiger charge is -2.39. The Bertz CT molecular complexity index is 2950. The van der Waals surface area contributed by atoms with Gasteiger partial charge in [-0.2, -0.15) is 0 Å². The van der Waals surface area contributed by atoms with Crippen molar-refractivity contribution < 1.29 is 138 Å². The molecule has 0 N–H and O–H groups in total. The van der Waals surface area contributed by atoms with Crippen LogP contribution < -0.4 is 0 Å². The van der Waals surface area contributed by atoms with E-state index in [4.69, 9.17) is 99.2 Å². The third-order valence-corrected chi connectivity index (χ3v) is 54.9. The molecule has 0 fully saturated rings. The molecule has 0 rings (SSSR count). The van der Waals surface area contributed by atoms with E-state index in [1.54, 1.807) is 13.8 Å². The quantitative estimate of drug-likeness (QED) is 0.0179. The number of carbonyl (C=O) groups is 8. The zero-order valence-corrected chi connectivity index (χ0v) is 95.7. The molecule has 0 atom stereocenters. The second-order valence-electron chi connectivity index (χ2n) is 40.7. The number of hydrogen-bond donors (Lipinski definition) is 0. The molecule has 0 aliphatic heterocycles. The van der Waals surface area contributed by atoms with Crippen LogP contribution in [0.1, 0.15) is 90.9 Å². The molecule has 0 aromatic carbocycles. The molecule has 0 aromatic heterocycles. The van der Waals surface area contributed by atoms with Crippen molar-refractivity contribution in [3.05, 3.63) is 49.6 Å². The van der Waals surface area contributed by atoms with Gasteiger partial charge in [0, 0.05) is 88.6 Å².